The molecule has 0 N–H and O–H groups in total. The molecule has 0 bridgehead atoms. The van der Waals surface area contributed by atoms with Crippen molar-refractivity contribution in [2.45, 2.75) is 32.5 Å². The summed E-state index contributed by atoms with van der Waals surface area (Å²) in [5.74, 6) is -0.354. The van der Waals surface area contributed by atoms with Crippen LogP contribution in [0.25, 0.3) is 0 Å². The topological polar surface area (TPSA) is 38.8 Å². The molecule has 0 amide bonds. The summed E-state index contributed by atoms with van der Waals surface area (Å²) in [6, 6.07) is 0. The first-order valence-corrected chi connectivity index (χ1v) is 7.19. The van der Waals surface area contributed by atoms with Gasteiger partial charge in [-0.1, -0.05) is 33.1 Å². The molecular weight excluding hydrogens is 254 g/mol. The van der Waals surface area contributed by atoms with Crippen molar-refractivity contribution < 1.29 is 14.3 Å². The Morgan fingerprint density at radius 2 is 1.65 bits per heavy atom. The first-order chi connectivity index (χ1) is 9.65. The number of hydrogen-bond acceptors (Lipinski definition) is 4. The highest BCUT2D eigenvalue weighted by molar-refractivity contribution is 5.76. The number of ether oxygens (including phenoxy) is 2. The van der Waals surface area contributed by atoms with Gasteiger partial charge in [0.2, 0.25) is 0 Å². The molecule has 0 atom stereocenters. The predicted molar refractivity (Wildman–Crippen MR) is 80.3 cm³/mol. The van der Waals surface area contributed by atoms with Crippen molar-refractivity contribution in [1.29, 1.82) is 0 Å². The van der Waals surface area contributed by atoms with E-state index in [0.717, 1.165) is 37.9 Å². The summed E-state index contributed by atoms with van der Waals surface area (Å²) in [4.78, 5) is 12.6. The molecule has 0 radical (unpaired) electrons. The smallest absolute Gasteiger partial charge is 0.171 e. The third-order valence-electron chi connectivity index (χ3n) is 3.39. The van der Waals surface area contributed by atoms with Gasteiger partial charge in [0.05, 0.1) is 13.2 Å². The fraction of sp³-hybridized carbons (Fsp3) is 0.562. The van der Waals surface area contributed by atoms with Crippen molar-refractivity contribution in [2.75, 3.05) is 26.3 Å². The Morgan fingerprint density at radius 3 is 2.15 bits per heavy atom. The second-order valence-electron chi connectivity index (χ2n) is 4.61. The molecule has 1 spiro atoms. The quantitative estimate of drug-likeness (QED) is 0.450. The maximum atomic E-state index is 10.4. The maximum Gasteiger partial charge on any atom is 0.171 e. The molecule has 20 heavy (non-hydrogen) atoms. The van der Waals surface area contributed by atoms with Crippen LogP contribution in [0.4, 0.5) is 0 Å². The van der Waals surface area contributed by atoms with E-state index in [9.17, 15) is 4.79 Å². The summed E-state index contributed by atoms with van der Waals surface area (Å²) >= 11 is 0. The van der Waals surface area contributed by atoms with Gasteiger partial charge in [-0.05, 0) is 6.08 Å². The van der Waals surface area contributed by atoms with E-state index in [1.807, 2.05) is 19.9 Å². The van der Waals surface area contributed by atoms with Crippen LogP contribution in [-0.2, 0) is 14.3 Å². The number of rotatable bonds is 4. The number of carbonyl (C=O) groups is 1. The number of piperidine rings is 1. The zero-order valence-corrected chi connectivity index (χ0v) is 12.6. The highest BCUT2D eigenvalue weighted by Crippen LogP contribution is 2.32. The van der Waals surface area contributed by atoms with Crippen LogP contribution in [-0.4, -0.2) is 43.3 Å². The third kappa shape index (κ3) is 4.32. The zero-order chi connectivity index (χ0) is 15.0. The van der Waals surface area contributed by atoms with Gasteiger partial charge < -0.3 is 14.4 Å². The Morgan fingerprint density at radius 1 is 1.10 bits per heavy atom. The molecule has 4 nitrogen and oxygen atoms in total. The molecule has 0 aliphatic carbocycles. The van der Waals surface area contributed by atoms with Crippen molar-refractivity contribution in [3.63, 3.8) is 0 Å². The van der Waals surface area contributed by atoms with Crippen LogP contribution in [0.5, 0.6) is 0 Å². The summed E-state index contributed by atoms with van der Waals surface area (Å²) in [5, 5.41) is 0. The van der Waals surface area contributed by atoms with Gasteiger partial charge >= 0.3 is 0 Å². The van der Waals surface area contributed by atoms with Crippen LogP contribution in [0, 0.1) is 0 Å². The number of likely N-dealkylation sites (tertiary alicyclic amines) is 1. The molecule has 112 valence electrons. The summed E-state index contributed by atoms with van der Waals surface area (Å²) < 4.78 is 11.3. The first kappa shape index (κ1) is 16.7. The minimum atomic E-state index is -0.354. The van der Waals surface area contributed by atoms with E-state index in [-0.39, 0.29) is 5.79 Å². The maximum absolute atomic E-state index is 10.4. The fourth-order valence-electron chi connectivity index (χ4n) is 2.27. The van der Waals surface area contributed by atoms with Crippen LogP contribution >= 0.6 is 0 Å². The van der Waals surface area contributed by atoms with Gasteiger partial charge in [-0.15, -0.1) is 0 Å². The monoisotopic (exact) mass is 279 g/mol. The lowest BCUT2D eigenvalue weighted by molar-refractivity contribution is -0.182. The molecule has 2 saturated heterocycles. The minimum Gasteiger partial charge on any atom is -0.372 e. The summed E-state index contributed by atoms with van der Waals surface area (Å²) in [5.41, 5.74) is 1.35. The minimum absolute atomic E-state index is 0.354. The third-order valence-corrected chi connectivity index (χ3v) is 3.39. The van der Waals surface area contributed by atoms with E-state index in [1.54, 1.807) is 6.08 Å². The lowest BCUT2D eigenvalue weighted by atomic mass is 10.0. The number of carbonyl (C=O) groups excluding carboxylic acids is 1. The van der Waals surface area contributed by atoms with Crippen LogP contribution in [0.3, 0.4) is 0 Å². The van der Waals surface area contributed by atoms with E-state index in [0.29, 0.717) is 18.8 Å². The lowest BCUT2D eigenvalue weighted by Crippen LogP contribution is -2.44. The zero-order valence-electron chi connectivity index (χ0n) is 12.6. The number of allylic oxidation sites excluding steroid dienone is 3. The average molecular weight is 279 g/mol. The normalized spacial score (nSPS) is 20.6. The molecule has 0 unspecified atom stereocenters. The number of aldehydes is 1. The van der Waals surface area contributed by atoms with Crippen LogP contribution in [0.1, 0.15) is 26.7 Å². The van der Waals surface area contributed by atoms with Crippen molar-refractivity contribution >= 4 is 6.29 Å². The summed E-state index contributed by atoms with van der Waals surface area (Å²) in [7, 11) is 0. The largest absolute Gasteiger partial charge is 0.372 e. The fourth-order valence-corrected chi connectivity index (χ4v) is 2.27. The standard InChI is InChI=1S/C14H19NO3.C2H6/c1-12(11-16)3-4-13(2)15-7-5-14(6-8-15)17-9-10-18-14;1-2/h3-4,11H,1-2,5-10H2;1-2H3/b4-3-;. The van der Waals surface area contributed by atoms with Crippen LogP contribution in [0.2, 0.25) is 0 Å². The highest BCUT2D eigenvalue weighted by atomic mass is 16.7. The first-order valence-electron chi connectivity index (χ1n) is 7.19. The van der Waals surface area contributed by atoms with Gasteiger partial charge in [-0.3, -0.25) is 4.79 Å². The van der Waals surface area contributed by atoms with Crippen molar-refractivity contribution in [2.24, 2.45) is 0 Å². The van der Waals surface area contributed by atoms with Gasteiger partial charge in [0.25, 0.3) is 0 Å². The Labute approximate surface area is 121 Å². The van der Waals surface area contributed by atoms with E-state index in [1.165, 1.54) is 0 Å². The summed E-state index contributed by atoms with van der Waals surface area (Å²) in [6.45, 7) is 14.7. The average Bonchev–Trinajstić information content (AvgIpc) is 2.95. The summed E-state index contributed by atoms with van der Waals surface area (Å²) in [6.07, 6.45) is 5.95. The number of nitrogens with zero attached hydrogens (tertiary/aromatic N) is 1. The highest BCUT2D eigenvalue weighted by Gasteiger charge is 2.39. The Kier molecular flexibility index (Phi) is 6.68. The van der Waals surface area contributed by atoms with Crippen molar-refractivity contribution in [3.05, 3.63) is 36.6 Å². The van der Waals surface area contributed by atoms with Gasteiger partial charge in [-0.25, -0.2) is 0 Å². The molecule has 2 heterocycles. The van der Waals surface area contributed by atoms with Gasteiger partial charge in [0.15, 0.2) is 5.79 Å². The molecule has 0 aromatic heterocycles. The second kappa shape index (κ2) is 8.02. The molecular formula is C16H25NO3. The molecule has 4 heteroatoms. The van der Waals surface area contributed by atoms with Gasteiger partial charge in [-0.2, -0.15) is 0 Å². The Bertz CT molecular complexity index is 371. The molecule has 0 saturated carbocycles. The second-order valence-corrected chi connectivity index (χ2v) is 4.61. The van der Waals surface area contributed by atoms with E-state index in [2.05, 4.69) is 18.1 Å². The van der Waals surface area contributed by atoms with Crippen LogP contribution < -0.4 is 0 Å². The van der Waals surface area contributed by atoms with Crippen molar-refractivity contribution in [3.8, 4) is 0 Å². The van der Waals surface area contributed by atoms with Gasteiger partial charge in [0.1, 0.15) is 6.29 Å². The lowest BCUT2D eigenvalue weighted by Gasteiger charge is -2.38. The molecule has 0 aromatic carbocycles. The van der Waals surface area contributed by atoms with E-state index < -0.39 is 0 Å². The molecule has 0 aromatic rings. The van der Waals surface area contributed by atoms with Crippen molar-refractivity contribution in [1.82, 2.24) is 4.90 Å². The Hall–Kier alpha value is -1.39. The number of hydrogen-bond donors (Lipinski definition) is 0. The van der Waals surface area contributed by atoms with Crippen LogP contribution in [0.15, 0.2) is 36.6 Å². The molecule has 2 fully saturated rings. The molecule has 2 aliphatic rings. The predicted octanol–water partition coefficient (Wildman–Crippen LogP) is 2.68. The Balaban J connectivity index is 0.000000956. The molecule has 2 rings (SSSR count). The van der Waals surface area contributed by atoms with Gasteiger partial charge in [0, 0.05) is 37.2 Å². The van der Waals surface area contributed by atoms with E-state index >= 15 is 0 Å². The van der Waals surface area contributed by atoms with E-state index in [4.69, 9.17) is 9.47 Å². The molecule has 2 aliphatic heterocycles. The SMILES string of the molecule is C=C(C=O)/C=C\C(=C)N1CCC2(CC1)OCCO2.CC.